The molecule has 42 heavy (non-hydrogen) atoms. The van der Waals surface area contributed by atoms with Gasteiger partial charge in [0.25, 0.3) is 0 Å². The second-order valence-electron chi connectivity index (χ2n) is 14.0. The first kappa shape index (κ1) is 28.0. The molecule has 4 aliphatic carbocycles. The normalized spacial score (nSPS) is 24.7. The van der Waals surface area contributed by atoms with Crippen LogP contribution < -0.4 is 10.7 Å². The maximum atomic E-state index is 12.7. The molecular weight excluding hydrogens is 526 g/mol. The number of aromatic nitrogens is 3. The molecule has 0 aliphatic heterocycles. The highest BCUT2D eigenvalue weighted by Crippen LogP contribution is 2.69. The summed E-state index contributed by atoms with van der Waals surface area (Å²) in [7, 11) is 0. The van der Waals surface area contributed by atoms with Gasteiger partial charge in [-0.05, 0) is 59.1 Å². The van der Waals surface area contributed by atoms with E-state index < -0.39 is 22.8 Å². The Labute approximate surface area is 246 Å². The first-order valence-corrected chi connectivity index (χ1v) is 14.4. The van der Waals surface area contributed by atoms with Crippen LogP contribution in [-0.4, -0.2) is 26.9 Å². The molecule has 0 aromatic carbocycles. The van der Waals surface area contributed by atoms with Crippen molar-refractivity contribution < 1.29 is 19.1 Å². The van der Waals surface area contributed by atoms with E-state index in [4.69, 9.17) is 19.4 Å². The molecule has 2 aromatic heterocycles. The zero-order valence-corrected chi connectivity index (χ0v) is 26.0. The molecule has 7 nitrogen and oxygen atoms in total. The van der Waals surface area contributed by atoms with Crippen molar-refractivity contribution in [2.45, 2.75) is 69.2 Å². The van der Waals surface area contributed by atoms with Crippen LogP contribution in [-0.2, 0) is 19.1 Å². The highest BCUT2D eigenvalue weighted by molar-refractivity contribution is 5.91. The SMILES string of the molecule is CC(=O)OC1=C(OC(C)=O)C2=CC(C(C)(C)C)=CC3=c4nc5ncccc5nc4=C4C=C(C(C)(C)C)C=C1C4(C)C23C. The number of hydrogen-bond donors (Lipinski definition) is 0. The predicted molar refractivity (Wildman–Crippen MR) is 161 cm³/mol. The van der Waals surface area contributed by atoms with Gasteiger partial charge in [0.05, 0.1) is 10.7 Å². The smallest absolute Gasteiger partial charge is 0.308 e. The monoisotopic (exact) mass is 563 g/mol. The highest BCUT2D eigenvalue weighted by Gasteiger charge is 2.63. The van der Waals surface area contributed by atoms with Crippen LogP contribution >= 0.6 is 0 Å². The number of nitrogens with zero attached hydrogens (tertiary/aromatic N) is 3. The fourth-order valence-electron chi connectivity index (χ4n) is 6.72. The van der Waals surface area contributed by atoms with Crippen molar-refractivity contribution in [2.75, 3.05) is 0 Å². The maximum Gasteiger partial charge on any atom is 0.308 e. The summed E-state index contributed by atoms with van der Waals surface area (Å²) >= 11 is 0. The lowest BCUT2D eigenvalue weighted by atomic mass is 9.45. The lowest BCUT2D eigenvalue weighted by Crippen LogP contribution is -2.58. The number of esters is 2. The summed E-state index contributed by atoms with van der Waals surface area (Å²) in [6.07, 6.45) is 10.4. The lowest BCUT2D eigenvalue weighted by Gasteiger charge is -2.57. The molecule has 2 atom stereocenters. The first-order chi connectivity index (χ1) is 19.5. The summed E-state index contributed by atoms with van der Waals surface area (Å²) in [5.74, 6) is -0.447. The van der Waals surface area contributed by atoms with E-state index >= 15 is 0 Å². The zero-order chi connectivity index (χ0) is 30.6. The molecule has 0 fully saturated rings. The van der Waals surface area contributed by atoms with E-state index in [1.54, 1.807) is 6.20 Å². The van der Waals surface area contributed by atoms with Gasteiger partial charge in [0.1, 0.15) is 5.52 Å². The third-order valence-electron chi connectivity index (χ3n) is 9.22. The Bertz CT molecular complexity index is 1790. The minimum atomic E-state index is -0.749. The van der Waals surface area contributed by atoms with E-state index in [1.165, 1.54) is 13.8 Å². The van der Waals surface area contributed by atoms with Crippen LogP contribution in [0.4, 0.5) is 0 Å². The molecular formula is C35H37N3O4. The zero-order valence-electron chi connectivity index (χ0n) is 26.0. The standard InChI is InChI=1S/C35H37N3O4/c1-18(39)41-29-24-16-20(32(3,4)5)14-22-27-28(38-31-26(37-27)12-11-13-36-31)23-15-21(33(6,7)8)17-25(30(29)42-19(2)40)35(23,10)34(22,24)9/h11-17H,1-10H3. The summed E-state index contributed by atoms with van der Waals surface area (Å²) in [5, 5.41) is 1.54. The van der Waals surface area contributed by atoms with Crippen LogP contribution in [0.15, 0.2) is 76.4 Å². The molecule has 0 amide bonds. The molecule has 216 valence electrons. The number of hydrogen-bond acceptors (Lipinski definition) is 7. The third kappa shape index (κ3) is 3.75. The van der Waals surface area contributed by atoms with Gasteiger partial charge in [-0.25, -0.2) is 15.0 Å². The second kappa shape index (κ2) is 8.69. The average molecular weight is 564 g/mol. The molecule has 0 N–H and O–H groups in total. The lowest BCUT2D eigenvalue weighted by molar-refractivity contribution is -0.141. The molecule has 4 aliphatic rings. The number of rotatable bonds is 2. The Kier molecular flexibility index (Phi) is 5.80. The number of carbonyl (C=O) groups excluding carboxylic acids is 2. The molecule has 0 bridgehead atoms. The van der Waals surface area contributed by atoms with Crippen molar-refractivity contribution in [2.24, 2.45) is 21.7 Å². The molecule has 6 rings (SSSR count). The summed E-state index contributed by atoms with van der Waals surface area (Å²) < 4.78 is 12.0. The second-order valence-corrected chi connectivity index (χ2v) is 14.0. The van der Waals surface area contributed by atoms with Gasteiger partial charge in [-0.3, -0.25) is 9.59 Å². The van der Waals surface area contributed by atoms with Crippen LogP contribution in [0.2, 0.25) is 0 Å². The minimum Gasteiger partial charge on any atom is -0.422 e. The Hall–Kier alpha value is -4.13. The van der Waals surface area contributed by atoms with Crippen molar-refractivity contribution in [3.63, 3.8) is 0 Å². The topological polar surface area (TPSA) is 91.3 Å². The maximum absolute atomic E-state index is 12.7. The van der Waals surface area contributed by atoms with Crippen molar-refractivity contribution in [1.82, 2.24) is 15.0 Å². The van der Waals surface area contributed by atoms with Crippen molar-refractivity contribution in [1.29, 1.82) is 0 Å². The van der Waals surface area contributed by atoms with Gasteiger partial charge >= 0.3 is 11.9 Å². The molecule has 0 saturated heterocycles. The van der Waals surface area contributed by atoms with E-state index in [0.29, 0.717) is 11.2 Å². The first-order valence-electron chi connectivity index (χ1n) is 14.4. The molecule has 7 heteroatoms. The summed E-state index contributed by atoms with van der Waals surface area (Å²) in [4.78, 5) is 40.2. The fraction of sp³-hybridized carbons (Fsp3) is 0.400. The number of fused-ring (bicyclic) bond motifs is 2. The van der Waals surface area contributed by atoms with Gasteiger partial charge in [0, 0.05) is 42.0 Å². The average Bonchev–Trinajstić information content (AvgIpc) is 2.87. The number of pyridine rings is 1. The highest BCUT2D eigenvalue weighted by atomic mass is 16.6. The minimum absolute atomic E-state index is 0.247. The molecule has 2 aromatic rings. The van der Waals surface area contributed by atoms with Crippen LogP contribution in [0.25, 0.3) is 22.3 Å². The molecule has 0 spiro atoms. The summed E-state index contributed by atoms with van der Waals surface area (Å²) in [5.41, 5.74) is 4.86. The molecule has 2 unspecified atom stereocenters. The van der Waals surface area contributed by atoms with Gasteiger partial charge < -0.3 is 9.47 Å². The van der Waals surface area contributed by atoms with Gasteiger partial charge in [0.15, 0.2) is 17.2 Å². The number of allylic oxidation sites excluding steroid dienone is 8. The van der Waals surface area contributed by atoms with Gasteiger partial charge in [-0.2, -0.15) is 0 Å². The number of ether oxygens (including phenoxy) is 2. The van der Waals surface area contributed by atoms with E-state index in [0.717, 1.165) is 44.1 Å². The molecule has 2 heterocycles. The fourth-order valence-corrected chi connectivity index (χ4v) is 6.72. The van der Waals surface area contributed by atoms with Crippen molar-refractivity contribution in [3.8, 4) is 0 Å². The Morgan fingerprint density at radius 2 is 1.17 bits per heavy atom. The largest absolute Gasteiger partial charge is 0.422 e. The van der Waals surface area contributed by atoms with E-state index in [9.17, 15) is 9.59 Å². The van der Waals surface area contributed by atoms with E-state index in [2.05, 4.69) is 84.7 Å². The van der Waals surface area contributed by atoms with Crippen molar-refractivity contribution in [3.05, 3.63) is 87.1 Å². The van der Waals surface area contributed by atoms with E-state index in [-0.39, 0.29) is 22.3 Å². The van der Waals surface area contributed by atoms with Crippen molar-refractivity contribution >= 4 is 34.2 Å². The number of carbonyl (C=O) groups is 2. The Morgan fingerprint density at radius 1 is 0.714 bits per heavy atom. The van der Waals surface area contributed by atoms with Gasteiger partial charge in [-0.15, -0.1) is 0 Å². The van der Waals surface area contributed by atoms with Crippen LogP contribution in [0.5, 0.6) is 0 Å². The summed E-state index contributed by atoms with van der Waals surface area (Å²) in [6, 6.07) is 3.79. The van der Waals surface area contributed by atoms with Gasteiger partial charge in [0.2, 0.25) is 0 Å². The predicted octanol–water partition coefficient (Wildman–Crippen LogP) is 5.53. The Balaban J connectivity index is 1.93. The molecule has 0 saturated carbocycles. The Morgan fingerprint density at radius 3 is 1.60 bits per heavy atom. The van der Waals surface area contributed by atoms with Gasteiger partial charge in [-0.1, -0.05) is 65.8 Å². The van der Waals surface area contributed by atoms with E-state index in [1.807, 2.05) is 12.1 Å². The summed E-state index contributed by atoms with van der Waals surface area (Å²) in [6.45, 7) is 20.0. The van der Waals surface area contributed by atoms with Crippen LogP contribution in [0.1, 0.15) is 69.2 Å². The third-order valence-corrected chi connectivity index (χ3v) is 9.22. The molecule has 0 radical (unpaired) electrons. The van der Waals surface area contributed by atoms with Crippen LogP contribution in [0.3, 0.4) is 0 Å². The quantitative estimate of drug-likeness (QED) is 0.444. The van der Waals surface area contributed by atoms with Crippen LogP contribution in [0, 0.1) is 21.7 Å².